The van der Waals surface area contributed by atoms with Crippen LogP contribution >= 0.6 is 11.8 Å². The van der Waals surface area contributed by atoms with Crippen LogP contribution in [0.5, 0.6) is 0 Å². The van der Waals surface area contributed by atoms with Crippen LogP contribution in [0, 0.1) is 12.8 Å². The molecule has 1 fully saturated rings. The molecule has 0 aromatic heterocycles. The molecule has 1 saturated carbocycles. The summed E-state index contributed by atoms with van der Waals surface area (Å²) in [6, 6.07) is 6.28. The lowest BCUT2D eigenvalue weighted by Gasteiger charge is -2.27. The molecule has 2 N–H and O–H groups in total. The number of hydrogen-bond acceptors (Lipinski definition) is 2. The Labute approximate surface area is 109 Å². The van der Waals surface area contributed by atoms with Crippen molar-refractivity contribution in [3.05, 3.63) is 23.8 Å². The first-order chi connectivity index (χ1) is 8.20. The van der Waals surface area contributed by atoms with Gasteiger partial charge >= 0.3 is 0 Å². The zero-order valence-corrected chi connectivity index (χ0v) is 11.7. The molecule has 1 nitrogen and oxygen atoms in total. The Bertz CT molecular complexity index is 367. The Hall–Kier alpha value is -0.630. The summed E-state index contributed by atoms with van der Waals surface area (Å²) in [7, 11) is 0. The molecule has 2 heteroatoms. The molecule has 0 spiro atoms. The van der Waals surface area contributed by atoms with Crippen LogP contribution < -0.4 is 5.73 Å². The van der Waals surface area contributed by atoms with Gasteiger partial charge in [0, 0.05) is 15.8 Å². The number of rotatable bonds is 3. The summed E-state index contributed by atoms with van der Waals surface area (Å²) in [5.41, 5.74) is 8.14. The zero-order valence-electron chi connectivity index (χ0n) is 10.9. The Kier molecular flexibility index (Phi) is 4.38. The first-order valence-electron chi connectivity index (χ1n) is 6.72. The van der Waals surface area contributed by atoms with Gasteiger partial charge < -0.3 is 5.73 Å². The molecule has 0 saturated heterocycles. The molecule has 0 aliphatic heterocycles. The molecule has 0 unspecified atom stereocenters. The fraction of sp³-hybridized carbons (Fsp3) is 0.600. The van der Waals surface area contributed by atoms with Gasteiger partial charge in [-0.25, -0.2) is 0 Å². The fourth-order valence-corrected chi connectivity index (χ4v) is 3.92. The summed E-state index contributed by atoms with van der Waals surface area (Å²) in [6.07, 6.45) is 6.93. The van der Waals surface area contributed by atoms with Crippen molar-refractivity contribution < 1.29 is 0 Å². The van der Waals surface area contributed by atoms with Gasteiger partial charge in [0.05, 0.1) is 0 Å². The highest BCUT2D eigenvalue weighted by molar-refractivity contribution is 8.00. The highest BCUT2D eigenvalue weighted by Gasteiger charge is 2.21. The van der Waals surface area contributed by atoms with Gasteiger partial charge in [0.2, 0.25) is 0 Å². The third-order valence-electron chi connectivity index (χ3n) is 3.99. The van der Waals surface area contributed by atoms with Crippen molar-refractivity contribution in [2.75, 3.05) is 5.73 Å². The van der Waals surface area contributed by atoms with Crippen molar-refractivity contribution in [2.45, 2.75) is 56.1 Å². The van der Waals surface area contributed by atoms with Crippen molar-refractivity contribution in [1.82, 2.24) is 0 Å². The molecule has 1 aliphatic carbocycles. The van der Waals surface area contributed by atoms with Crippen LogP contribution in [0.4, 0.5) is 5.69 Å². The van der Waals surface area contributed by atoms with Gasteiger partial charge in [-0.1, -0.05) is 19.4 Å². The average Bonchev–Trinajstić information content (AvgIpc) is 2.36. The summed E-state index contributed by atoms with van der Waals surface area (Å²) in [5.74, 6) is 0.980. The minimum absolute atomic E-state index is 0.804. The van der Waals surface area contributed by atoms with Crippen molar-refractivity contribution in [2.24, 2.45) is 5.92 Å². The lowest BCUT2D eigenvalue weighted by molar-refractivity contribution is 0.356. The van der Waals surface area contributed by atoms with Crippen molar-refractivity contribution in [1.29, 1.82) is 0 Å². The lowest BCUT2D eigenvalue weighted by atomic mass is 9.87. The number of nitrogen functional groups attached to an aromatic ring is 1. The Morgan fingerprint density at radius 1 is 1.24 bits per heavy atom. The van der Waals surface area contributed by atoms with Crippen molar-refractivity contribution in [3.8, 4) is 0 Å². The minimum Gasteiger partial charge on any atom is -0.398 e. The first-order valence-corrected chi connectivity index (χ1v) is 7.60. The van der Waals surface area contributed by atoms with E-state index in [9.17, 15) is 0 Å². The smallest absolute Gasteiger partial charge is 0.0354 e. The molecule has 0 heterocycles. The monoisotopic (exact) mass is 249 g/mol. The second-order valence-electron chi connectivity index (χ2n) is 5.14. The van der Waals surface area contributed by atoms with E-state index in [-0.39, 0.29) is 0 Å². The van der Waals surface area contributed by atoms with Crippen LogP contribution in [0.15, 0.2) is 23.1 Å². The van der Waals surface area contributed by atoms with Gasteiger partial charge in [0.1, 0.15) is 0 Å². The second-order valence-corrected chi connectivity index (χ2v) is 6.48. The van der Waals surface area contributed by atoms with Gasteiger partial charge in [-0.2, -0.15) is 0 Å². The molecule has 0 radical (unpaired) electrons. The second kappa shape index (κ2) is 5.81. The Balaban J connectivity index is 1.95. The Morgan fingerprint density at radius 2 is 1.94 bits per heavy atom. The normalized spacial score (nSPS) is 24.8. The van der Waals surface area contributed by atoms with Crippen molar-refractivity contribution in [3.63, 3.8) is 0 Å². The van der Waals surface area contributed by atoms with Gasteiger partial charge in [0.15, 0.2) is 0 Å². The molecule has 1 aromatic carbocycles. The SMILES string of the molecule is CCC1CCC(Sc2cccc(N)c2C)CC1. The van der Waals surface area contributed by atoms with Crippen LogP contribution in [0.2, 0.25) is 0 Å². The van der Waals surface area contributed by atoms with E-state index in [0.29, 0.717) is 0 Å². The maximum Gasteiger partial charge on any atom is 0.0354 e. The quantitative estimate of drug-likeness (QED) is 0.790. The molecular weight excluding hydrogens is 226 g/mol. The third-order valence-corrected chi connectivity index (χ3v) is 5.49. The molecule has 1 aliphatic rings. The van der Waals surface area contributed by atoms with Gasteiger partial charge in [0.25, 0.3) is 0 Å². The predicted molar refractivity (Wildman–Crippen MR) is 77.5 cm³/mol. The maximum atomic E-state index is 5.96. The van der Waals surface area contributed by atoms with Crippen LogP contribution in [-0.2, 0) is 0 Å². The average molecular weight is 249 g/mol. The first kappa shape index (κ1) is 12.8. The summed E-state index contributed by atoms with van der Waals surface area (Å²) < 4.78 is 0. The number of hydrogen-bond donors (Lipinski definition) is 1. The number of thioether (sulfide) groups is 1. The topological polar surface area (TPSA) is 26.0 Å². The predicted octanol–water partition coefficient (Wildman–Crippen LogP) is 4.64. The number of anilines is 1. The minimum atomic E-state index is 0.804. The Morgan fingerprint density at radius 3 is 2.59 bits per heavy atom. The molecule has 1 aromatic rings. The van der Waals surface area contributed by atoms with E-state index in [1.54, 1.807) is 0 Å². The number of benzene rings is 1. The molecular formula is C15H23NS. The summed E-state index contributed by atoms with van der Waals surface area (Å²) in [5, 5.41) is 0.804. The van der Waals surface area contributed by atoms with E-state index in [4.69, 9.17) is 5.73 Å². The van der Waals surface area contributed by atoms with Crippen LogP contribution in [0.1, 0.15) is 44.6 Å². The zero-order chi connectivity index (χ0) is 12.3. The van der Waals surface area contributed by atoms with E-state index >= 15 is 0 Å². The number of nitrogens with two attached hydrogens (primary N) is 1. The van der Waals surface area contributed by atoms with Gasteiger partial charge in [-0.05, 0) is 56.2 Å². The molecule has 0 amide bonds. The maximum absolute atomic E-state index is 5.96. The van der Waals surface area contributed by atoms with Gasteiger partial charge in [-0.15, -0.1) is 11.8 Å². The van der Waals surface area contributed by atoms with E-state index in [0.717, 1.165) is 16.9 Å². The largest absolute Gasteiger partial charge is 0.398 e. The molecule has 2 rings (SSSR count). The van der Waals surface area contributed by atoms with Crippen molar-refractivity contribution >= 4 is 17.4 Å². The molecule has 17 heavy (non-hydrogen) atoms. The molecule has 0 bridgehead atoms. The lowest BCUT2D eigenvalue weighted by Crippen LogP contribution is -2.15. The summed E-state index contributed by atoms with van der Waals surface area (Å²) in [6.45, 7) is 4.45. The van der Waals surface area contributed by atoms with E-state index in [1.165, 1.54) is 42.6 Å². The highest BCUT2D eigenvalue weighted by atomic mass is 32.2. The fourth-order valence-electron chi connectivity index (χ4n) is 2.60. The summed E-state index contributed by atoms with van der Waals surface area (Å²) in [4.78, 5) is 1.38. The van der Waals surface area contributed by atoms with Gasteiger partial charge in [-0.3, -0.25) is 0 Å². The van der Waals surface area contributed by atoms with Crippen LogP contribution in [0.25, 0.3) is 0 Å². The summed E-state index contributed by atoms with van der Waals surface area (Å²) >= 11 is 2.04. The van der Waals surface area contributed by atoms with E-state index in [2.05, 4.69) is 26.0 Å². The molecule has 0 atom stereocenters. The van der Waals surface area contributed by atoms with Crippen LogP contribution in [-0.4, -0.2) is 5.25 Å². The van der Waals surface area contributed by atoms with E-state index in [1.807, 2.05) is 17.8 Å². The highest BCUT2D eigenvalue weighted by Crippen LogP contribution is 2.38. The molecule has 94 valence electrons. The standard InChI is InChI=1S/C15H23NS/c1-3-12-7-9-13(10-8-12)17-15-6-4-5-14(16)11(15)2/h4-6,12-13H,3,7-10,16H2,1-2H3. The van der Waals surface area contributed by atoms with E-state index < -0.39 is 0 Å². The van der Waals surface area contributed by atoms with Crippen LogP contribution in [0.3, 0.4) is 0 Å². The third kappa shape index (κ3) is 3.19.